The van der Waals surface area contributed by atoms with Crippen molar-refractivity contribution in [3.63, 3.8) is 0 Å². The number of hydrogen-bond donors (Lipinski definition) is 0. The van der Waals surface area contributed by atoms with Crippen LogP contribution in [-0.2, 0) is 0 Å². The van der Waals surface area contributed by atoms with Crippen molar-refractivity contribution in [2.45, 2.75) is 6.43 Å². The molecular weight excluding hydrogens is 449 g/mol. The number of benzene rings is 2. The molecule has 2 aromatic carbocycles. The summed E-state index contributed by atoms with van der Waals surface area (Å²) in [6.07, 6.45) is -2.54. The van der Waals surface area contributed by atoms with E-state index in [0.29, 0.717) is 15.6 Å². The summed E-state index contributed by atoms with van der Waals surface area (Å²) in [6.45, 7) is 0. The van der Waals surface area contributed by atoms with E-state index in [2.05, 4.69) is 31.9 Å². The minimum atomic E-state index is -2.54. The summed E-state index contributed by atoms with van der Waals surface area (Å²) in [6, 6.07) is 11.9. The highest BCUT2D eigenvalue weighted by Crippen LogP contribution is 2.35. The zero-order valence-electron chi connectivity index (χ0n) is 10.4. The Morgan fingerprint density at radius 3 is 1.95 bits per heavy atom. The van der Waals surface area contributed by atoms with Crippen LogP contribution in [0.3, 0.4) is 0 Å². The predicted molar refractivity (Wildman–Crippen MR) is 91.0 cm³/mol. The molecule has 0 amide bonds. The van der Waals surface area contributed by atoms with Gasteiger partial charge in [0.05, 0.1) is 0 Å². The summed E-state index contributed by atoms with van der Waals surface area (Å²) in [5, 5.41) is 0. The SMILES string of the molecule is FC(F)c1ccc(C(=C(Cl)Cl)c2ccc(Br)cc2)cc1Br. The lowest BCUT2D eigenvalue weighted by Crippen LogP contribution is -1.92. The lowest BCUT2D eigenvalue weighted by molar-refractivity contribution is 0.150. The molecule has 110 valence electrons. The van der Waals surface area contributed by atoms with Crippen LogP contribution in [0.15, 0.2) is 55.9 Å². The fraction of sp³-hybridized carbons (Fsp3) is 0.0667. The molecule has 0 radical (unpaired) electrons. The maximum absolute atomic E-state index is 12.8. The van der Waals surface area contributed by atoms with Crippen molar-refractivity contribution >= 4 is 60.6 Å². The quantitative estimate of drug-likeness (QED) is 0.453. The Morgan fingerprint density at radius 1 is 0.905 bits per heavy atom. The second kappa shape index (κ2) is 7.23. The third kappa shape index (κ3) is 4.07. The third-order valence-corrected chi connectivity index (χ3v) is 4.44. The summed E-state index contributed by atoms with van der Waals surface area (Å²) in [7, 11) is 0. The van der Waals surface area contributed by atoms with Gasteiger partial charge in [0.25, 0.3) is 6.43 Å². The normalized spacial score (nSPS) is 10.8. The van der Waals surface area contributed by atoms with E-state index < -0.39 is 6.43 Å². The van der Waals surface area contributed by atoms with E-state index in [-0.39, 0.29) is 10.1 Å². The smallest absolute Gasteiger partial charge is 0.205 e. The van der Waals surface area contributed by atoms with Gasteiger partial charge in [0, 0.05) is 20.1 Å². The van der Waals surface area contributed by atoms with Crippen LogP contribution in [0.2, 0.25) is 0 Å². The molecule has 0 spiro atoms. The van der Waals surface area contributed by atoms with Crippen molar-refractivity contribution in [2.24, 2.45) is 0 Å². The van der Waals surface area contributed by atoms with Gasteiger partial charge in [-0.1, -0.05) is 79.3 Å². The van der Waals surface area contributed by atoms with Crippen molar-refractivity contribution < 1.29 is 8.78 Å². The first-order valence-corrected chi connectivity index (χ1v) is 8.13. The number of rotatable bonds is 3. The molecule has 0 heterocycles. The lowest BCUT2D eigenvalue weighted by Gasteiger charge is -2.11. The van der Waals surface area contributed by atoms with Crippen molar-refractivity contribution in [1.29, 1.82) is 0 Å². The van der Waals surface area contributed by atoms with Crippen molar-refractivity contribution in [3.8, 4) is 0 Å². The number of halogens is 6. The van der Waals surface area contributed by atoms with E-state index >= 15 is 0 Å². The van der Waals surface area contributed by atoms with Crippen LogP contribution in [0, 0.1) is 0 Å². The van der Waals surface area contributed by atoms with Crippen molar-refractivity contribution in [1.82, 2.24) is 0 Å². The molecule has 2 aromatic rings. The number of hydrogen-bond acceptors (Lipinski definition) is 0. The Morgan fingerprint density at radius 2 is 1.48 bits per heavy atom. The van der Waals surface area contributed by atoms with Gasteiger partial charge in [-0.25, -0.2) is 8.78 Å². The van der Waals surface area contributed by atoms with E-state index in [1.165, 1.54) is 6.07 Å². The summed E-state index contributed by atoms with van der Waals surface area (Å²) in [5.41, 5.74) is 1.98. The topological polar surface area (TPSA) is 0 Å². The monoisotopic (exact) mass is 454 g/mol. The second-order valence-corrected chi connectivity index (χ2v) is 6.90. The van der Waals surface area contributed by atoms with Crippen LogP contribution in [-0.4, -0.2) is 0 Å². The lowest BCUT2D eigenvalue weighted by atomic mass is 9.98. The maximum atomic E-state index is 12.8. The van der Waals surface area contributed by atoms with Crippen LogP contribution >= 0.6 is 55.1 Å². The highest BCUT2D eigenvalue weighted by Gasteiger charge is 2.15. The Hall–Kier alpha value is -0.420. The standard InChI is InChI=1S/C15H8Br2Cl2F2/c16-10-4-1-8(2-5-10)13(14(18)19)9-3-6-11(15(20)21)12(17)7-9/h1-7,15H. The molecule has 0 aliphatic rings. The van der Waals surface area contributed by atoms with Gasteiger partial charge >= 0.3 is 0 Å². The molecule has 0 aliphatic carbocycles. The Balaban J connectivity index is 2.53. The molecule has 0 saturated heterocycles. The van der Waals surface area contributed by atoms with Crippen LogP contribution in [0.1, 0.15) is 23.1 Å². The molecule has 0 aliphatic heterocycles. The van der Waals surface area contributed by atoms with Crippen molar-refractivity contribution in [3.05, 3.63) is 72.6 Å². The first-order chi connectivity index (χ1) is 9.90. The fourth-order valence-corrected chi connectivity index (χ4v) is 3.11. The van der Waals surface area contributed by atoms with Crippen LogP contribution in [0.4, 0.5) is 8.78 Å². The summed E-state index contributed by atoms with van der Waals surface area (Å²) < 4.78 is 26.9. The molecule has 0 atom stereocenters. The molecule has 21 heavy (non-hydrogen) atoms. The van der Waals surface area contributed by atoms with Crippen LogP contribution in [0.5, 0.6) is 0 Å². The highest BCUT2D eigenvalue weighted by atomic mass is 79.9. The minimum absolute atomic E-state index is 0.0698. The largest absolute Gasteiger partial charge is 0.264 e. The van der Waals surface area contributed by atoms with Gasteiger partial charge in [0.15, 0.2) is 0 Å². The molecule has 0 bridgehead atoms. The average Bonchev–Trinajstić information content (AvgIpc) is 2.40. The molecule has 0 aromatic heterocycles. The minimum Gasteiger partial charge on any atom is -0.205 e. The average molecular weight is 457 g/mol. The van der Waals surface area contributed by atoms with E-state index in [1.807, 2.05) is 24.3 Å². The molecule has 0 fully saturated rings. The van der Waals surface area contributed by atoms with Gasteiger partial charge in [0.2, 0.25) is 0 Å². The van der Waals surface area contributed by atoms with E-state index in [1.54, 1.807) is 12.1 Å². The van der Waals surface area contributed by atoms with Crippen molar-refractivity contribution in [2.75, 3.05) is 0 Å². The summed E-state index contributed by atoms with van der Waals surface area (Å²) in [4.78, 5) is 0. The summed E-state index contributed by atoms with van der Waals surface area (Å²) in [5.74, 6) is 0. The molecule has 0 saturated carbocycles. The van der Waals surface area contributed by atoms with Gasteiger partial charge in [-0.15, -0.1) is 0 Å². The molecule has 6 heteroatoms. The molecular formula is C15H8Br2Cl2F2. The second-order valence-electron chi connectivity index (χ2n) is 4.18. The fourth-order valence-electron chi connectivity index (χ4n) is 1.86. The molecule has 0 unspecified atom stereocenters. The van der Waals surface area contributed by atoms with Gasteiger partial charge < -0.3 is 0 Å². The van der Waals surface area contributed by atoms with E-state index in [0.717, 1.165) is 10.0 Å². The maximum Gasteiger partial charge on any atom is 0.264 e. The Kier molecular flexibility index (Phi) is 5.83. The van der Waals surface area contributed by atoms with Crippen LogP contribution in [0.25, 0.3) is 5.57 Å². The third-order valence-electron chi connectivity index (χ3n) is 2.85. The van der Waals surface area contributed by atoms with E-state index in [9.17, 15) is 8.78 Å². The molecule has 0 N–H and O–H groups in total. The predicted octanol–water partition coefficient (Wildman–Crippen LogP) is 7.34. The van der Waals surface area contributed by atoms with Gasteiger partial charge in [-0.05, 0) is 29.3 Å². The van der Waals surface area contributed by atoms with E-state index in [4.69, 9.17) is 23.2 Å². The molecule has 2 rings (SSSR count). The van der Waals surface area contributed by atoms with Gasteiger partial charge in [-0.2, -0.15) is 0 Å². The van der Waals surface area contributed by atoms with Gasteiger partial charge in [-0.3, -0.25) is 0 Å². The Bertz CT molecular complexity index is 679. The highest BCUT2D eigenvalue weighted by molar-refractivity contribution is 9.10. The zero-order chi connectivity index (χ0) is 15.6. The van der Waals surface area contributed by atoms with Gasteiger partial charge in [0.1, 0.15) is 4.49 Å². The number of alkyl halides is 2. The molecule has 0 nitrogen and oxygen atoms in total. The zero-order valence-corrected chi connectivity index (χ0v) is 15.1. The Labute approximate surface area is 148 Å². The first kappa shape index (κ1) is 16.9. The summed E-state index contributed by atoms with van der Waals surface area (Å²) >= 11 is 18.5. The first-order valence-electron chi connectivity index (χ1n) is 5.79. The van der Waals surface area contributed by atoms with Crippen LogP contribution < -0.4 is 0 Å².